The van der Waals surface area contributed by atoms with Gasteiger partial charge in [0, 0.05) is 49.2 Å². The number of nitrogens with zero attached hydrogens (tertiary/aromatic N) is 2. The SMILES string of the molecule is Cc1sc(NC(=O)CN2CC[C@@H]3NC(=O)[C@H](Cc4ccccc4)NC(=O)C4(C/C=C/C[C@@H]3C2)CCOCC4)nc1-c1ccc(F)cc1. The summed E-state index contributed by atoms with van der Waals surface area (Å²) in [5, 5.41) is 9.89. The number of aryl methyl sites for hydroxylation is 1. The van der Waals surface area contributed by atoms with Gasteiger partial charge < -0.3 is 20.7 Å². The number of benzene rings is 2. The smallest absolute Gasteiger partial charge is 0.243 e. The molecule has 0 unspecified atom stereocenters. The molecule has 3 aromatic rings. The largest absolute Gasteiger partial charge is 0.381 e. The molecule has 3 aliphatic heterocycles. The Bertz CT molecular complexity index is 1590. The lowest BCUT2D eigenvalue weighted by atomic mass is 9.75. The summed E-state index contributed by atoms with van der Waals surface area (Å²) in [5.41, 5.74) is 1.91. The molecule has 9 nitrogen and oxygen atoms in total. The predicted octanol–water partition coefficient (Wildman–Crippen LogP) is 4.88. The summed E-state index contributed by atoms with van der Waals surface area (Å²) in [6.07, 6.45) is 7.90. The van der Waals surface area contributed by atoms with Crippen molar-refractivity contribution in [2.75, 3.05) is 38.2 Å². The van der Waals surface area contributed by atoms with Crippen LogP contribution in [0.25, 0.3) is 11.3 Å². The minimum Gasteiger partial charge on any atom is -0.381 e. The lowest BCUT2D eigenvalue weighted by molar-refractivity contribution is -0.140. The molecule has 3 amide bonds. The predicted molar refractivity (Wildman–Crippen MR) is 180 cm³/mol. The van der Waals surface area contributed by atoms with Crippen LogP contribution in [0.15, 0.2) is 66.7 Å². The summed E-state index contributed by atoms with van der Waals surface area (Å²) in [6, 6.07) is 15.2. The van der Waals surface area contributed by atoms with Crippen LogP contribution in [0, 0.1) is 24.1 Å². The van der Waals surface area contributed by atoms with E-state index in [1.54, 1.807) is 12.1 Å². The van der Waals surface area contributed by atoms with E-state index in [4.69, 9.17) is 4.74 Å². The molecule has 0 saturated carbocycles. The number of anilines is 1. The van der Waals surface area contributed by atoms with Gasteiger partial charge in [-0.25, -0.2) is 9.37 Å². The summed E-state index contributed by atoms with van der Waals surface area (Å²) < 4.78 is 19.0. The van der Waals surface area contributed by atoms with Crippen LogP contribution in [-0.2, 0) is 25.5 Å². The van der Waals surface area contributed by atoms with E-state index in [0.717, 1.165) is 28.1 Å². The number of carbonyl (C=O) groups is 3. The van der Waals surface area contributed by atoms with E-state index < -0.39 is 11.5 Å². The van der Waals surface area contributed by atoms with Crippen molar-refractivity contribution in [2.24, 2.45) is 11.3 Å². The Balaban J connectivity index is 1.14. The molecule has 4 heterocycles. The lowest BCUT2D eigenvalue weighted by Gasteiger charge is -2.40. The molecule has 2 fully saturated rings. The molecule has 0 radical (unpaired) electrons. The van der Waals surface area contributed by atoms with E-state index >= 15 is 0 Å². The second kappa shape index (κ2) is 14.9. The first-order valence-electron chi connectivity index (χ1n) is 16.4. The number of aromatic nitrogens is 1. The van der Waals surface area contributed by atoms with Crippen molar-refractivity contribution in [3.63, 3.8) is 0 Å². The Morgan fingerprint density at radius 2 is 1.85 bits per heavy atom. The van der Waals surface area contributed by atoms with E-state index in [2.05, 4.69) is 38.0 Å². The summed E-state index contributed by atoms with van der Waals surface area (Å²) >= 11 is 1.40. The standard InChI is InChI=1S/C36H42FN5O4S/c1-24-32(26-10-12-28(37)13-11-26)41-35(47-24)40-31(43)23-42-18-14-29-27(22-42)9-5-6-15-36(16-19-46-20-17-36)34(45)39-30(33(44)38-29)21-25-7-3-2-4-8-25/h2-8,10-13,27,29-30H,9,14-23H2,1H3,(H,38,44)(H,39,45)(H,40,41,43)/b6-5+/t27-,29+,30+/m1/s1. The second-order valence-electron chi connectivity index (χ2n) is 12.9. The van der Waals surface area contributed by atoms with Crippen molar-refractivity contribution in [2.45, 2.75) is 57.5 Å². The molecule has 2 saturated heterocycles. The summed E-state index contributed by atoms with van der Waals surface area (Å²) in [4.78, 5) is 48.4. The minimum absolute atomic E-state index is 0.0836. The zero-order valence-corrected chi connectivity index (χ0v) is 27.5. The fourth-order valence-corrected chi connectivity index (χ4v) is 7.74. The molecule has 11 heteroatoms. The van der Waals surface area contributed by atoms with Gasteiger partial charge >= 0.3 is 0 Å². The van der Waals surface area contributed by atoms with E-state index in [9.17, 15) is 18.8 Å². The van der Waals surface area contributed by atoms with Crippen molar-refractivity contribution < 1.29 is 23.5 Å². The molecule has 3 atom stereocenters. The van der Waals surface area contributed by atoms with Crippen molar-refractivity contribution in [1.29, 1.82) is 0 Å². The highest BCUT2D eigenvalue weighted by Gasteiger charge is 2.41. The normalized spacial score (nSPS) is 24.3. The van der Waals surface area contributed by atoms with Gasteiger partial charge in [0.2, 0.25) is 17.7 Å². The number of likely N-dealkylation sites (tertiary alicyclic amines) is 1. The maximum atomic E-state index is 13.8. The van der Waals surface area contributed by atoms with Crippen LogP contribution in [0.4, 0.5) is 9.52 Å². The van der Waals surface area contributed by atoms with E-state index in [0.29, 0.717) is 63.5 Å². The highest BCUT2D eigenvalue weighted by molar-refractivity contribution is 7.16. The Morgan fingerprint density at radius 1 is 1.09 bits per heavy atom. The van der Waals surface area contributed by atoms with Gasteiger partial charge in [0.05, 0.1) is 17.7 Å². The third-order valence-electron chi connectivity index (χ3n) is 9.62. The number of ether oxygens (including phenoxy) is 1. The number of piperidine rings is 1. The highest BCUT2D eigenvalue weighted by atomic mass is 32.1. The van der Waals surface area contributed by atoms with Crippen LogP contribution in [0.3, 0.4) is 0 Å². The quantitative estimate of drug-likeness (QED) is 0.326. The molecule has 47 heavy (non-hydrogen) atoms. The first-order chi connectivity index (χ1) is 22.8. The van der Waals surface area contributed by atoms with E-state index in [-0.39, 0.29) is 42.0 Å². The third-order valence-corrected chi connectivity index (χ3v) is 10.5. The number of hydrogen-bond acceptors (Lipinski definition) is 7. The molecule has 3 aliphatic rings. The van der Waals surface area contributed by atoms with Crippen LogP contribution in [0.1, 0.15) is 42.5 Å². The van der Waals surface area contributed by atoms with Crippen molar-refractivity contribution in [3.05, 3.63) is 83.0 Å². The maximum absolute atomic E-state index is 13.8. The van der Waals surface area contributed by atoms with Crippen LogP contribution in [0.2, 0.25) is 0 Å². The molecule has 1 spiro atoms. The number of hydrogen-bond donors (Lipinski definition) is 3. The fraction of sp³-hybridized carbons (Fsp3) is 0.444. The maximum Gasteiger partial charge on any atom is 0.243 e. The molecule has 248 valence electrons. The monoisotopic (exact) mass is 659 g/mol. The average Bonchev–Trinajstić information content (AvgIpc) is 3.43. The van der Waals surface area contributed by atoms with Gasteiger partial charge in [0.25, 0.3) is 0 Å². The zero-order chi connectivity index (χ0) is 32.8. The Labute approximate surface area is 279 Å². The number of rotatable bonds is 6. The second-order valence-corrected chi connectivity index (χ2v) is 14.1. The van der Waals surface area contributed by atoms with Crippen molar-refractivity contribution in [1.82, 2.24) is 20.5 Å². The minimum atomic E-state index is -0.695. The molecular weight excluding hydrogens is 617 g/mol. The van der Waals surface area contributed by atoms with Gasteiger partial charge in [-0.05, 0) is 74.8 Å². The Kier molecular flexibility index (Phi) is 10.4. The van der Waals surface area contributed by atoms with Crippen LogP contribution in [0.5, 0.6) is 0 Å². The van der Waals surface area contributed by atoms with Crippen LogP contribution in [-0.4, -0.2) is 72.5 Å². The number of halogens is 1. The van der Waals surface area contributed by atoms with Crippen molar-refractivity contribution >= 4 is 34.2 Å². The van der Waals surface area contributed by atoms with Crippen LogP contribution < -0.4 is 16.0 Å². The number of amides is 3. The first kappa shape index (κ1) is 33.0. The highest BCUT2D eigenvalue weighted by Crippen LogP contribution is 2.36. The topological polar surface area (TPSA) is 113 Å². The van der Waals surface area contributed by atoms with Gasteiger partial charge in [-0.2, -0.15) is 0 Å². The Morgan fingerprint density at radius 3 is 2.62 bits per heavy atom. The molecule has 0 bridgehead atoms. The number of thiazole rings is 1. The van der Waals surface area contributed by atoms with Gasteiger partial charge in [0.15, 0.2) is 5.13 Å². The summed E-state index contributed by atoms with van der Waals surface area (Å²) in [5.74, 6) is -0.617. The number of nitrogens with one attached hydrogen (secondary N) is 3. The fourth-order valence-electron chi connectivity index (χ4n) is 6.89. The van der Waals surface area contributed by atoms with E-state index in [1.165, 1.54) is 23.5 Å². The summed E-state index contributed by atoms with van der Waals surface area (Å²) in [6.45, 7) is 4.48. The lowest BCUT2D eigenvalue weighted by Crippen LogP contribution is -2.58. The molecule has 3 N–H and O–H groups in total. The van der Waals surface area contributed by atoms with Crippen molar-refractivity contribution in [3.8, 4) is 11.3 Å². The zero-order valence-electron chi connectivity index (χ0n) is 26.7. The molecule has 1 aromatic heterocycles. The number of fused-ring (bicyclic) bond motifs is 1. The van der Waals surface area contributed by atoms with E-state index in [1.807, 2.05) is 37.3 Å². The average molecular weight is 660 g/mol. The van der Waals surface area contributed by atoms with Crippen LogP contribution >= 0.6 is 11.3 Å². The van der Waals surface area contributed by atoms with Gasteiger partial charge in [0.1, 0.15) is 11.9 Å². The Hall–Kier alpha value is -3.93. The molecule has 2 aromatic carbocycles. The number of allylic oxidation sites excluding steroid dienone is 2. The molecule has 6 rings (SSSR count). The van der Waals surface area contributed by atoms with Gasteiger partial charge in [-0.1, -0.05) is 42.5 Å². The third kappa shape index (κ3) is 8.14. The van der Waals surface area contributed by atoms with Gasteiger partial charge in [-0.3, -0.25) is 19.3 Å². The number of carbonyl (C=O) groups excluding carboxylic acids is 3. The molecule has 0 aliphatic carbocycles. The summed E-state index contributed by atoms with van der Waals surface area (Å²) in [7, 11) is 0. The molecular formula is C36H42FN5O4S. The van der Waals surface area contributed by atoms with Gasteiger partial charge in [-0.15, -0.1) is 11.3 Å². The first-order valence-corrected chi connectivity index (χ1v) is 17.2.